The van der Waals surface area contributed by atoms with Crippen LogP contribution >= 0.6 is 0 Å². The van der Waals surface area contributed by atoms with Crippen LogP contribution in [-0.4, -0.2) is 37.2 Å². The van der Waals surface area contributed by atoms with Crippen molar-refractivity contribution in [3.63, 3.8) is 0 Å². The van der Waals surface area contributed by atoms with E-state index in [1.165, 1.54) is 109 Å². The van der Waals surface area contributed by atoms with Gasteiger partial charge in [0.15, 0.2) is 6.10 Å². The highest BCUT2D eigenvalue weighted by atomic mass is 16.6. The molecule has 69 heavy (non-hydrogen) atoms. The predicted octanol–water partition coefficient (Wildman–Crippen LogP) is 19.3. The Morgan fingerprint density at radius 3 is 0.884 bits per heavy atom. The highest BCUT2D eigenvalue weighted by Crippen LogP contribution is 2.16. The number of ether oxygens (including phenoxy) is 3. The van der Waals surface area contributed by atoms with Gasteiger partial charge in [-0.25, -0.2) is 0 Å². The van der Waals surface area contributed by atoms with Crippen LogP contribution in [0.5, 0.6) is 0 Å². The summed E-state index contributed by atoms with van der Waals surface area (Å²) in [5.74, 6) is -0.946. The molecule has 6 heteroatoms. The second kappa shape index (κ2) is 56.9. The number of hydrogen-bond acceptors (Lipinski definition) is 6. The second-order valence-corrected chi connectivity index (χ2v) is 18.8. The molecular formula is C63H106O6. The molecule has 0 saturated heterocycles. The third-order valence-electron chi connectivity index (χ3n) is 12.1. The van der Waals surface area contributed by atoms with E-state index in [0.29, 0.717) is 19.3 Å². The molecular weight excluding hydrogens is 853 g/mol. The average Bonchev–Trinajstić information content (AvgIpc) is 3.35. The fourth-order valence-corrected chi connectivity index (χ4v) is 7.81. The number of rotatable bonds is 51. The number of esters is 3. The topological polar surface area (TPSA) is 78.9 Å². The van der Waals surface area contributed by atoms with Gasteiger partial charge < -0.3 is 14.2 Å². The molecule has 0 heterocycles. The summed E-state index contributed by atoms with van der Waals surface area (Å²) >= 11 is 0. The summed E-state index contributed by atoms with van der Waals surface area (Å²) in [5.41, 5.74) is 0. The van der Waals surface area contributed by atoms with Crippen LogP contribution in [0.25, 0.3) is 0 Å². The Bertz CT molecular complexity index is 1380. The van der Waals surface area contributed by atoms with Crippen LogP contribution in [0.2, 0.25) is 0 Å². The average molecular weight is 960 g/mol. The summed E-state index contributed by atoms with van der Waals surface area (Å²) in [6.07, 6.45) is 75.9. The summed E-state index contributed by atoms with van der Waals surface area (Å²) in [4.78, 5) is 37.8. The molecule has 0 aliphatic heterocycles. The molecule has 0 aromatic carbocycles. The van der Waals surface area contributed by atoms with E-state index in [4.69, 9.17) is 14.2 Å². The van der Waals surface area contributed by atoms with Crippen molar-refractivity contribution in [1.82, 2.24) is 0 Å². The molecule has 0 radical (unpaired) electrons. The molecule has 0 rings (SSSR count). The van der Waals surface area contributed by atoms with Gasteiger partial charge in [0, 0.05) is 19.3 Å². The van der Waals surface area contributed by atoms with Gasteiger partial charge in [-0.3, -0.25) is 14.4 Å². The first-order valence-electron chi connectivity index (χ1n) is 28.7. The lowest BCUT2D eigenvalue weighted by Gasteiger charge is -2.18. The number of carbonyl (C=O) groups is 3. The largest absolute Gasteiger partial charge is 0.462 e. The van der Waals surface area contributed by atoms with E-state index in [-0.39, 0.29) is 31.1 Å². The van der Waals surface area contributed by atoms with Gasteiger partial charge in [0.25, 0.3) is 0 Å². The first kappa shape index (κ1) is 65.3. The molecule has 0 saturated carbocycles. The van der Waals surface area contributed by atoms with E-state index in [1.54, 1.807) is 0 Å². The highest BCUT2D eigenvalue weighted by Gasteiger charge is 2.19. The summed E-state index contributed by atoms with van der Waals surface area (Å²) < 4.78 is 16.7. The number of hydrogen-bond donors (Lipinski definition) is 0. The highest BCUT2D eigenvalue weighted by molar-refractivity contribution is 5.71. The SMILES string of the molecule is CC/C=C\C/C=C\C/C=C\C/C=C\C/C=C\C/C=C\C/C=C\C/C=C\CCCCC(=O)OCC(COC(=O)CCCCCCC)OC(=O)CCCCCCCCCCCCCCCCCCCCC. The summed E-state index contributed by atoms with van der Waals surface area (Å²) in [6, 6.07) is 0. The standard InChI is InChI=1S/C63H106O6/c1-4-7-10-13-15-17-19-21-23-25-27-28-29-30-31-32-33-34-36-37-39-41-43-45-47-50-53-56-62(65)68-59-60(58-67-61(64)55-52-49-12-9-6-3)69-63(66)57-54-51-48-46-44-42-40-38-35-26-24-22-20-18-16-14-11-8-5-2/h7,10,15,17,21,23,27-28,30-31,33-34,37,39,43,45,60H,4-6,8-9,11-14,16,18-20,22,24-26,29,32,35-36,38,40-42,44,46-59H2,1-3H3/b10-7-,17-15-,23-21-,28-27-,31-30-,34-33-,39-37-,45-43-. The van der Waals surface area contributed by atoms with Crippen molar-refractivity contribution in [3.05, 3.63) is 97.2 Å². The molecule has 394 valence electrons. The van der Waals surface area contributed by atoms with Crippen LogP contribution in [-0.2, 0) is 28.6 Å². The van der Waals surface area contributed by atoms with Gasteiger partial charge >= 0.3 is 17.9 Å². The van der Waals surface area contributed by atoms with Gasteiger partial charge in [0.2, 0.25) is 0 Å². The zero-order chi connectivity index (χ0) is 50.0. The van der Waals surface area contributed by atoms with E-state index >= 15 is 0 Å². The maximum atomic E-state index is 12.8. The van der Waals surface area contributed by atoms with E-state index in [1.807, 2.05) is 0 Å². The lowest BCUT2D eigenvalue weighted by molar-refractivity contribution is -0.167. The normalized spacial score (nSPS) is 12.8. The quantitative estimate of drug-likeness (QED) is 0.0262. The number of unbranched alkanes of at least 4 members (excludes halogenated alkanes) is 24. The molecule has 1 unspecified atom stereocenters. The van der Waals surface area contributed by atoms with Crippen LogP contribution in [0.3, 0.4) is 0 Å². The maximum absolute atomic E-state index is 12.8. The summed E-state index contributed by atoms with van der Waals surface area (Å²) in [7, 11) is 0. The molecule has 0 amide bonds. The van der Waals surface area contributed by atoms with Crippen LogP contribution in [0.4, 0.5) is 0 Å². The third-order valence-corrected chi connectivity index (χ3v) is 12.1. The molecule has 0 fully saturated rings. The van der Waals surface area contributed by atoms with Gasteiger partial charge in [-0.05, 0) is 83.5 Å². The Morgan fingerprint density at radius 2 is 0.565 bits per heavy atom. The lowest BCUT2D eigenvalue weighted by Crippen LogP contribution is -2.30. The molecule has 0 aliphatic rings. The van der Waals surface area contributed by atoms with Crippen molar-refractivity contribution in [2.75, 3.05) is 13.2 Å². The Hall–Kier alpha value is -3.67. The minimum atomic E-state index is -0.791. The van der Waals surface area contributed by atoms with Gasteiger partial charge in [0.05, 0.1) is 0 Å². The van der Waals surface area contributed by atoms with E-state index in [0.717, 1.165) is 116 Å². The van der Waals surface area contributed by atoms with Crippen LogP contribution in [0.15, 0.2) is 97.2 Å². The monoisotopic (exact) mass is 959 g/mol. The van der Waals surface area contributed by atoms with E-state index in [9.17, 15) is 14.4 Å². The fraction of sp³-hybridized carbons (Fsp3) is 0.698. The van der Waals surface area contributed by atoms with Crippen LogP contribution in [0, 0.1) is 0 Å². The minimum Gasteiger partial charge on any atom is -0.462 e. The fourth-order valence-electron chi connectivity index (χ4n) is 7.81. The van der Waals surface area contributed by atoms with Gasteiger partial charge in [-0.2, -0.15) is 0 Å². The smallest absolute Gasteiger partial charge is 0.306 e. The maximum Gasteiger partial charge on any atom is 0.306 e. The van der Waals surface area contributed by atoms with Crippen molar-refractivity contribution in [1.29, 1.82) is 0 Å². The second-order valence-electron chi connectivity index (χ2n) is 18.8. The Morgan fingerprint density at radius 1 is 0.304 bits per heavy atom. The molecule has 0 aliphatic carbocycles. The van der Waals surface area contributed by atoms with Gasteiger partial charge in [-0.1, -0.05) is 259 Å². The molecule has 0 spiro atoms. The first-order chi connectivity index (χ1) is 34.0. The molecule has 6 nitrogen and oxygen atoms in total. The first-order valence-corrected chi connectivity index (χ1v) is 28.7. The van der Waals surface area contributed by atoms with Crippen LogP contribution < -0.4 is 0 Å². The summed E-state index contributed by atoms with van der Waals surface area (Å²) in [5, 5.41) is 0. The van der Waals surface area contributed by atoms with Crippen molar-refractivity contribution in [2.45, 2.75) is 271 Å². The molecule has 0 aromatic rings. The zero-order valence-corrected chi connectivity index (χ0v) is 45.0. The lowest BCUT2D eigenvalue weighted by atomic mass is 10.0. The van der Waals surface area contributed by atoms with Gasteiger partial charge in [-0.15, -0.1) is 0 Å². The Kier molecular flexibility index (Phi) is 53.9. The number of carbonyl (C=O) groups excluding carboxylic acids is 3. The molecule has 1 atom stereocenters. The van der Waals surface area contributed by atoms with Crippen molar-refractivity contribution in [2.24, 2.45) is 0 Å². The Labute approximate surface area is 426 Å². The zero-order valence-electron chi connectivity index (χ0n) is 45.0. The van der Waals surface area contributed by atoms with Crippen molar-refractivity contribution in [3.8, 4) is 0 Å². The van der Waals surface area contributed by atoms with Crippen LogP contribution in [0.1, 0.15) is 265 Å². The number of allylic oxidation sites excluding steroid dienone is 16. The summed E-state index contributed by atoms with van der Waals surface area (Å²) in [6.45, 7) is 6.42. The van der Waals surface area contributed by atoms with E-state index < -0.39 is 6.10 Å². The van der Waals surface area contributed by atoms with E-state index in [2.05, 4.69) is 118 Å². The Balaban J connectivity index is 4.20. The predicted molar refractivity (Wildman–Crippen MR) is 297 cm³/mol. The molecule has 0 bridgehead atoms. The van der Waals surface area contributed by atoms with Gasteiger partial charge in [0.1, 0.15) is 13.2 Å². The molecule has 0 aromatic heterocycles. The third kappa shape index (κ3) is 55.1. The minimum absolute atomic E-state index is 0.0906. The van der Waals surface area contributed by atoms with Crippen molar-refractivity contribution >= 4 is 17.9 Å². The van der Waals surface area contributed by atoms with Crippen molar-refractivity contribution < 1.29 is 28.6 Å². The molecule has 0 N–H and O–H groups in total.